The van der Waals surface area contributed by atoms with Crippen LogP contribution in [-0.4, -0.2) is 46.4 Å². The largest absolute Gasteiger partial charge is 0.371 e. The molecule has 3 heterocycles. The van der Waals surface area contributed by atoms with Gasteiger partial charge in [0.1, 0.15) is 5.82 Å². The van der Waals surface area contributed by atoms with Gasteiger partial charge in [-0.25, -0.2) is 4.98 Å². The third kappa shape index (κ3) is 4.71. The van der Waals surface area contributed by atoms with Crippen LogP contribution in [0.2, 0.25) is 0 Å². The SMILES string of the molecule is C=C(c1cc(-c2nc3c([nH]2)CN(C)CC3)c(C2CC2)cc1CC)N1CCC(c2ccc(C#N)cc2)CC1. The van der Waals surface area contributed by atoms with Crippen LogP contribution >= 0.6 is 0 Å². The van der Waals surface area contributed by atoms with Crippen LogP contribution in [-0.2, 0) is 19.4 Å². The number of hydrogen-bond acceptors (Lipinski definition) is 4. The number of likely N-dealkylation sites (N-methyl/N-ethyl adjacent to an activating group) is 1. The monoisotopic (exact) mass is 491 g/mol. The van der Waals surface area contributed by atoms with E-state index < -0.39 is 0 Å². The zero-order chi connectivity index (χ0) is 25.5. The zero-order valence-corrected chi connectivity index (χ0v) is 22.2. The van der Waals surface area contributed by atoms with Gasteiger partial charge in [-0.05, 0) is 85.9 Å². The highest BCUT2D eigenvalue weighted by Crippen LogP contribution is 2.46. The topological polar surface area (TPSA) is 59.0 Å². The molecule has 190 valence electrons. The van der Waals surface area contributed by atoms with E-state index in [1.165, 1.54) is 52.0 Å². The molecule has 1 aromatic heterocycles. The van der Waals surface area contributed by atoms with Crippen LogP contribution in [0.25, 0.3) is 17.1 Å². The van der Waals surface area contributed by atoms with E-state index in [9.17, 15) is 0 Å². The fraction of sp³-hybridized carbons (Fsp3) is 0.438. The second kappa shape index (κ2) is 9.84. The van der Waals surface area contributed by atoms with Crippen molar-refractivity contribution in [2.45, 2.75) is 63.8 Å². The predicted molar refractivity (Wildman–Crippen MR) is 149 cm³/mol. The standard InChI is InChI=1S/C32H37N5/c1-4-23-17-28(26-9-10-26)29(32-34-30-13-14-36(3)20-31(30)35-32)18-27(23)21(2)37-15-11-25(12-16-37)24-7-5-22(19-33)6-8-24/h5-8,17-18,25-26H,2,4,9-16,20H2,1,3H3,(H,34,35). The summed E-state index contributed by atoms with van der Waals surface area (Å²) < 4.78 is 0. The Morgan fingerprint density at radius 1 is 1.08 bits per heavy atom. The van der Waals surface area contributed by atoms with Crippen LogP contribution in [0, 0.1) is 11.3 Å². The lowest BCUT2D eigenvalue weighted by molar-refractivity contribution is 0.299. The number of rotatable bonds is 6. The smallest absolute Gasteiger partial charge is 0.138 e. The summed E-state index contributed by atoms with van der Waals surface area (Å²) >= 11 is 0. The van der Waals surface area contributed by atoms with E-state index in [2.05, 4.69) is 65.7 Å². The molecule has 2 aliphatic heterocycles. The lowest BCUT2D eigenvalue weighted by atomic mass is 9.87. The summed E-state index contributed by atoms with van der Waals surface area (Å²) in [5.41, 5.74) is 11.2. The van der Waals surface area contributed by atoms with Gasteiger partial charge in [0.05, 0.1) is 23.0 Å². The Kier molecular flexibility index (Phi) is 6.38. The van der Waals surface area contributed by atoms with Gasteiger partial charge in [-0.2, -0.15) is 5.26 Å². The minimum Gasteiger partial charge on any atom is -0.371 e. The molecule has 1 N–H and O–H groups in total. The number of aryl methyl sites for hydroxylation is 1. The van der Waals surface area contributed by atoms with E-state index in [0.717, 1.165) is 68.9 Å². The molecule has 2 aromatic carbocycles. The second-order valence-corrected chi connectivity index (χ2v) is 11.2. The Morgan fingerprint density at radius 3 is 2.51 bits per heavy atom. The third-order valence-electron chi connectivity index (χ3n) is 8.65. The highest BCUT2D eigenvalue weighted by atomic mass is 15.1. The van der Waals surface area contributed by atoms with Gasteiger partial charge in [0.15, 0.2) is 0 Å². The number of hydrogen-bond donors (Lipinski definition) is 1. The summed E-state index contributed by atoms with van der Waals surface area (Å²) in [5.74, 6) is 2.25. The summed E-state index contributed by atoms with van der Waals surface area (Å²) in [6.07, 6.45) is 6.80. The maximum Gasteiger partial charge on any atom is 0.138 e. The molecule has 6 rings (SSSR count). The molecule has 3 aliphatic rings. The van der Waals surface area contributed by atoms with Crippen LogP contribution in [0.3, 0.4) is 0 Å². The molecule has 0 unspecified atom stereocenters. The molecular formula is C32H37N5. The molecule has 37 heavy (non-hydrogen) atoms. The summed E-state index contributed by atoms with van der Waals surface area (Å²) in [6, 6.07) is 15.2. The molecule has 0 amide bonds. The number of likely N-dealkylation sites (tertiary alicyclic amines) is 1. The number of aromatic nitrogens is 2. The van der Waals surface area contributed by atoms with Crippen molar-refractivity contribution in [2.24, 2.45) is 0 Å². The Labute approximate surface area is 220 Å². The van der Waals surface area contributed by atoms with Crippen molar-refractivity contribution in [3.8, 4) is 17.5 Å². The number of benzene rings is 2. The summed E-state index contributed by atoms with van der Waals surface area (Å²) in [5, 5.41) is 9.11. The summed E-state index contributed by atoms with van der Waals surface area (Å²) in [7, 11) is 2.18. The number of H-pyrrole nitrogens is 1. The van der Waals surface area contributed by atoms with Gasteiger partial charge in [0.2, 0.25) is 0 Å². The van der Waals surface area contributed by atoms with Crippen molar-refractivity contribution in [3.05, 3.63) is 82.2 Å². The maximum absolute atomic E-state index is 9.11. The lowest BCUT2D eigenvalue weighted by Crippen LogP contribution is -2.31. The normalized spacial score (nSPS) is 18.5. The fourth-order valence-electron chi connectivity index (χ4n) is 6.20. The summed E-state index contributed by atoms with van der Waals surface area (Å²) in [6.45, 7) is 10.9. The average Bonchev–Trinajstić information content (AvgIpc) is 3.71. The van der Waals surface area contributed by atoms with Crippen LogP contribution < -0.4 is 0 Å². The number of nitrogens with one attached hydrogen (secondary N) is 1. The van der Waals surface area contributed by atoms with E-state index in [-0.39, 0.29) is 0 Å². The number of imidazole rings is 1. The van der Waals surface area contributed by atoms with E-state index in [4.69, 9.17) is 10.2 Å². The third-order valence-corrected chi connectivity index (χ3v) is 8.65. The van der Waals surface area contributed by atoms with Crippen LogP contribution in [0.15, 0.2) is 43.0 Å². The molecule has 1 aliphatic carbocycles. The Hall–Kier alpha value is -3.36. The molecule has 5 nitrogen and oxygen atoms in total. The van der Waals surface area contributed by atoms with Crippen LogP contribution in [0.5, 0.6) is 0 Å². The minimum absolute atomic E-state index is 0.544. The quantitative estimate of drug-likeness (QED) is 0.444. The highest BCUT2D eigenvalue weighted by Gasteiger charge is 2.30. The molecule has 0 spiro atoms. The number of nitrogens with zero attached hydrogens (tertiary/aromatic N) is 4. The van der Waals surface area contributed by atoms with Gasteiger partial charge in [-0.1, -0.05) is 31.7 Å². The van der Waals surface area contributed by atoms with Crippen LogP contribution in [0.1, 0.15) is 83.6 Å². The van der Waals surface area contributed by atoms with Crippen molar-refractivity contribution >= 4 is 5.70 Å². The highest BCUT2D eigenvalue weighted by molar-refractivity contribution is 5.74. The van der Waals surface area contributed by atoms with E-state index in [0.29, 0.717) is 11.8 Å². The van der Waals surface area contributed by atoms with Gasteiger partial charge in [-0.15, -0.1) is 0 Å². The molecule has 0 bridgehead atoms. The zero-order valence-electron chi connectivity index (χ0n) is 22.2. The molecule has 0 atom stereocenters. The first-order valence-corrected chi connectivity index (χ1v) is 13.9. The molecule has 3 aromatic rings. The van der Waals surface area contributed by atoms with Gasteiger partial charge in [0, 0.05) is 49.4 Å². The van der Waals surface area contributed by atoms with Crippen molar-refractivity contribution in [2.75, 3.05) is 26.7 Å². The first kappa shape index (κ1) is 24.0. The van der Waals surface area contributed by atoms with Gasteiger partial charge in [0.25, 0.3) is 0 Å². The number of piperidine rings is 1. The van der Waals surface area contributed by atoms with Gasteiger partial charge >= 0.3 is 0 Å². The van der Waals surface area contributed by atoms with Crippen molar-refractivity contribution < 1.29 is 0 Å². The average molecular weight is 492 g/mol. The number of nitriles is 1. The molecule has 1 saturated carbocycles. The number of aromatic amines is 1. The Bertz CT molecular complexity index is 1350. The van der Waals surface area contributed by atoms with Crippen molar-refractivity contribution in [3.63, 3.8) is 0 Å². The summed E-state index contributed by atoms with van der Waals surface area (Å²) in [4.78, 5) is 13.7. The molecule has 2 fully saturated rings. The first-order valence-electron chi connectivity index (χ1n) is 13.9. The maximum atomic E-state index is 9.11. The van der Waals surface area contributed by atoms with Crippen molar-refractivity contribution in [1.82, 2.24) is 19.8 Å². The number of fused-ring (bicyclic) bond motifs is 1. The van der Waals surface area contributed by atoms with Crippen LogP contribution in [0.4, 0.5) is 0 Å². The van der Waals surface area contributed by atoms with Gasteiger partial charge < -0.3 is 14.8 Å². The van der Waals surface area contributed by atoms with Gasteiger partial charge in [-0.3, -0.25) is 0 Å². The molecule has 1 saturated heterocycles. The first-order chi connectivity index (χ1) is 18.0. The Morgan fingerprint density at radius 2 is 1.84 bits per heavy atom. The fourth-order valence-corrected chi connectivity index (χ4v) is 6.20. The minimum atomic E-state index is 0.544. The molecule has 0 radical (unpaired) electrons. The molecular weight excluding hydrogens is 454 g/mol. The predicted octanol–water partition coefficient (Wildman–Crippen LogP) is 6.23. The van der Waals surface area contributed by atoms with E-state index >= 15 is 0 Å². The second-order valence-electron chi connectivity index (χ2n) is 11.2. The molecule has 5 heteroatoms. The lowest BCUT2D eigenvalue weighted by Gasteiger charge is -2.36. The van der Waals surface area contributed by atoms with Crippen molar-refractivity contribution in [1.29, 1.82) is 5.26 Å². The van der Waals surface area contributed by atoms with E-state index in [1.54, 1.807) is 0 Å². The van der Waals surface area contributed by atoms with E-state index in [1.807, 2.05) is 12.1 Å². The Balaban J connectivity index is 1.27.